The summed E-state index contributed by atoms with van der Waals surface area (Å²) >= 11 is 0. The van der Waals surface area contributed by atoms with Gasteiger partial charge in [-0.15, -0.1) is 10.2 Å². The van der Waals surface area contributed by atoms with Crippen LogP contribution in [0.4, 0.5) is 4.79 Å². The molecule has 7 heteroatoms. The summed E-state index contributed by atoms with van der Waals surface area (Å²) in [4.78, 5) is 18.1. The highest BCUT2D eigenvalue weighted by Gasteiger charge is 2.28. The smallest absolute Gasteiger partial charge is 0.319 e. The second-order valence-corrected chi connectivity index (χ2v) is 6.61. The van der Waals surface area contributed by atoms with Crippen molar-refractivity contribution in [3.8, 4) is 0 Å². The monoisotopic (exact) mass is 306 g/mol. The Morgan fingerprint density at radius 3 is 2.82 bits per heavy atom. The van der Waals surface area contributed by atoms with Crippen LogP contribution in [0, 0.1) is 0 Å². The first-order chi connectivity index (χ1) is 10.6. The van der Waals surface area contributed by atoms with Gasteiger partial charge in [0.05, 0.1) is 6.54 Å². The molecule has 7 nitrogen and oxygen atoms in total. The van der Waals surface area contributed by atoms with Crippen LogP contribution in [0.3, 0.4) is 0 Å². The van der Waals surface area contributed by atoms with E-state index in [0.29, 0.717) is 0 Å². The fourth-order valence-electron chi connectivity index (χ4n) is 3.49. The fraction of sp³-hybridized carbons (Fsp3) is 0.800. The van der Waals surface area contributed by atoms with E-state index in [1.165, 1.54) is 6.42 Å². The van der Waals surface area contributed by atoms with Gasteiger partial charge in [0.1, 0.15) is 11.6 Å². The lowest BCUT2D eigenvalue weighted by molar-refractivity contribution is 0.107. The summed E-state index contributed by atoms with van der Waals surface area (Å²) < 4.78 is 2.26. The van der Waals surface area contributed by atoms with E-state index in [0.717, 1.165) is 57.1 Å². The Kier molecular flexibility index (Phi) is 4.33. The zero-order valence-electron chi connectivity index (χ0n) is 13.8. The highest BCUT2D eigenvalue weighted by molar-refractivity contribution is 5.73. The molecule has 0 saturated carbocycles. The lowest BCUT2D eigenvalue weighted by atomic mass is 10.0. The normalized spacial score (nSPS) is 21.7. The minimum atomic E-state index is 0.0789. The Bertz CT molecular complexity index is 540. The Labute approximate surface area is 131 Å². The molecule has 1 unspecified atom stereocenters. The molecule has 0 aromatic carbocycles. The molecule has 0 spiro atoms. The molecular weight excluding hydrogens is 280 g/mol. The zero-order valence-corrected chi connectivity index (χ0v) is 13.8. The molecule has 0 bridgehead atoms. The number of fused-ring (bicyclic) bond motifs is 1. The van der Waals surface area contributed by atoms with Crippen LogP contribution in [0.1, 0.15) is 30.9 Å². The van der Waals surface area contributed by atoms with Crippen LogP contribution in [0.5, 0.6) is 0 Å². The number of nitrogens with zero attached hydrogens (tertiary/aromatic N) is 6. The maximum absolute atomic E-state index is 12.1. The zero-order chi connectivity index (χ0) is 15.7. The molecule has 3 heterocycles. The van der Waals surface area contributed by atoms with Gasteiger partial charge in [0.25, 0.3) is 0 Å². The summed E-state index contributed by atoms with van der Waals surface area (Å²) in [5, 5.41) is 8.63. The van der Waals surface area contributed by atoms with Crippen molar-refractivity contribution in [3.63, 3.8) is 0 Å². The Hall–Kier alpha value is -1.63. The van der Waals surface area contributed by atoms with E-state index < -0.39 is 0 Å². The first-order valence-corrected chi connectivity index (χ1v) is 8.13. The number of aryl methyl sites for hydroxylation is 1. The fourth-order valence-corrected chi connectivity index (χ4v) is 3.49. The van der Waals surface area contributed by atoms with Gasteiger partial charge in [-0.05, 0) is 25.8 Å². The molecule has 1 saturated heterocycles. The Balaban J connectivity index is 1.62. The molecule has 2 aliphatic heterocycles. The number of likely N-dealkylation sites (tertiary alicyclic amines) is 1. The maximum atomic E-state index is 12.1. The molecule has 3 rings (SSSR count). The van der Waals surface area contributed by atoms with Crippen LogP contribution >= 0.6 is 0 Å². The molecule has 22 heavy (non-hydrogen) atoms. The number of hydrogen-bond donors (Lipinski definition) is 0. The van der Waals surface area contributed by atoms with Gasteiger partial charge in [-0.1, -0.05) is 0 Å². The van der Waals surface area contributed by atoms with Gasteiger partial charge in [0, 0.05) is 46.7 Å². The quantitative estimate of drug-likeness (QED) is 0.829. The van der Waals surface area contributed by atoms with Crippen LogP contribution in [-0.4, -0.2) is 75.8 Å². The van der Waals surface area contributed by atoms with Crippen molar-refractivity contribution >= 4 is 6.03 Å². The van der Waals surface area contributed by atoms with Crippen molar-refractivity contribution < 1.29 is 4.79 Å². The van der Waals surface area contributed by atoms with Gasteiger partial charge in [-0.3, -0.25) is 4.90 Å². The number of likely N-dealkylation sites (N-methyl/N-ethyl adjacent to an activating group) is 1. The SMILES string of the molecule is CN(C)C(=O)N(C)C1CCCN(Cc2nnc3n2CCC3)C1. The van der Waals surface area contributed by atoms with Crippen molar-refractivity contribution in [3.05, 3.63) is 11.6 Å². The molecule has 1 aromatic heterocycles. The molecule has 2 amide bonds. The molecule has 2 aliphatic rings. The van der Waals surface area contributed by atoms with E-state index in [1.54, 1.807) is 19.0 Å². The van der Waals surface area contributed by atoms with Gasteiger partial charge in [0.15, 0.2) is 0 Å². The molecule has 122 valence electrons. The molecule has 0 radical (unpaired) electrons. The van der Waals surface area contributed by atoms with Gasteiger partial charge in [-0.25, -0.2) is 4.79 Å². The number of hydrogen-bond acceptors (Lipinski definition) is 4. The number of carbonyl (C=O) groups excluding carboxylic acids is 1. The third kappa shape index (κ3) is 2.95. The minimum Gasteiger partial charge on any atom is -0.331 e. The first-order valence-electron chi connectivity index (χ1n) is 8.13. The second kappa shape index (κ2) is 6.24. The van der Waals surface area contributed by atoms with Crippen molar-refractivity contribution in [1.29, 1.82) is 0 Å². The topological polar surface area (TPSA) is 57.5 Å². The first kappa shape index (κ1) is 15.3. The molecule has 1 atom stereocenters. The summed E-state index contributed by atoms with van der Waals surface area (Å²) in [6, 6.07) is 0.361. The van der Waals surface area contributed by atoms with E-state index in [9.17, 15) is 4.79 Å². The van der Waals surface area contributed by atoms with Crippen LogP contribution in [-0.2, 0) is 19.5 Å². The molecular formula is C15H26N6O. The average Bonchev–Trinajstić information content (AvgIpc) is 3.11. The van der Waals surface area contributed by atoms with Crippen LogP contribution < -0.4 is 0 Å². The number of amides is 2. The number of aromatic nitrogens is 3. The average molecular weight is 306 g/mol. The molecule has 0 N–H and O–H groups in total. The predicted molar refractivity (Wildman–Crippen MR) is 83.5 cm³/mol. The molecule has 1 aromatic rings. The van der Waals surface area contributed by atoms with Crippen molar-refractivity contribution in [2.45, 2.75) is 44.8 Å². The van der Waals surface area contributed by atoms with Crippen molar-refractivity contribution in [2.75, 3.05) is 34.2 Å². The number of urea groups is 1. The standard InChI is InChI=1S/C15H26N6O/c1-18(2)15(22)19(3)12-6-4-8-20(10-12)11-14-17-16-13-7-5-9-21(13)14/h12H,4-11H2,1-3H3. The van der Waals surface area contributed by atoms with Crippen molar-refractivity contribution in [1.82, 2.24) is 29.5 Å². The van der Waals surface area contributed by atoms with Gasteiger partial charge in [-0.2, -0.15) is 0 Å². The third-order valence-electron chi connectivity index (χ3n) is 4.76. The number of rotatable bonds is 3. The van der Waals surface area contributed by atoms with Gasteiger partial charge in [0.2, 0.25) is 0 Å². The van der Waals surface area contributed by atoms with E-state index in [2.05, 4.69) is 19.7 Å². The van der Waals surface area contributed by atoms with E-state index in [4.69, 9.17) is 0 Å². The summed E-state index contributed by atoms with van der Waals surface area (Å²) in [5.41, 5.74) is 0. The summed E-state index contributed by atoms with van der Waals surface area (Å²) in [7, 11) is 5.52. The van der Waals surface area contributed by atoms with Gasteiger partial charge < -0.3 is 14.4 Å². The lowest BCUT2D eigenvalue weighted by Crippen LogP contribution is -2.50. The van der Waals surface area contributed by atoms with E-state index in [-0.39, 0.29) is 12.1 Å². The summed E-state index contributed by atoms with van der Waals surface area (Å²) in [5.74, 6) is 2.21. The Morgan fingerprint density at radius 2 is 2.05 bits per heavy atom. The predicted octanol–water partition coefficient (Wildman–Crippen LogP) is 0.802. The Morgan fingerprint density at radius 1 is 1.23 bits per heavy atom. The van der Waals surface area contributed by atoms with Crippen molar-refractivity contribution in [2.24, 2.45) is 0 Å². The number of carbonyl (C=O) groups is 1. The summed E-state index contributed by atoms with van der Waals surface area (Å²) in [6.45, 7) is 3.88. The minimum absolute atomic E-state index is 0.0789. The van der Waals surface area contributed by atoms with Crippen LogP contribution in [0.15, 0.2) is 0 Å². The van der Waals surface area contributed by atoms with E-state index in [1.807, 2.05) is 11.9 Å². The van der Waals surface area contributed by atoms with E-state index >= 15 is 0 Å². The number of piperidine rings is 1. The summed E-state index contributed by atoms with van der Waals surface area (Å²) in [6.07, 6.45) is 4.43. The highest BCUT2D eigenvalue weighted by atomic mass is 16.2. The van der Waals surface area contributed by atoms with Crippen LogP contribution in [0.2, 0.25) is 0 Å². The van der Waals surface area contributed by atoms with Gasteiger partial charge >= 0.3 is 6.03 Å². The molecule has 1 fully saturated rings. The molecule has 0 aliphatic carbocycles. The highest BCUT2D eigenvalue weighted by Crippen LogP contribution is 2.20. The third-order valence-corrected chi connectivity index (χ3v) is 4.76. The van der Waals surface area contributed by atoms with Crippen LogP contribution in [0.25, 0.3) is 0 Å². The second-order valence-electron chi connectivity index (χ2n) is 6.61. The lowest BCUT2D eigenvalue weighted by Gasteiger charge is -2.38. The maximum Gasteiger partial charge on any atom is 0.319 e. The largest absolute Gasteiger partial charge is 0.331 e.